The molecular weight excluding hydrogens is 308 g/mol. The van der Waals surface area contributed by atoms with Crippen LogP contribution in [0.5, 0.6) is 5.88 Å². The molecule has 0 N–H and O–H groups in total. The van der Waals surface area contributed by atoms with Crippen molar-refractivity contribution in [1.29, 1.82) is 0 Å². The number of likely N-dealkylation sites (tertiary alicyclic amines) is 1. The van der Waals surface area contributed by atoms with Crippen molar-refractivity contribution >= 4 is 5.91 Å². The Kier molecular flexibility index (Phi) is 5.08. The molecule has 3 heterocycles. The molecule has 7 nitrogen and oxygen atoms in total. The van der Waals surface area contributed by atoms with Crippen LogP contribution in [-0.2, 0) is 11.2 Å². The number of carbonyl (C=O) groups excluding carboxylic acids is 1. The molecule has 1 saturated heterocycles. The molecule has 0 aromatic carbocycles. The van der Waals surface area contributed by atoms with Crippen LogP contribution < -0.4 is 4.74 Å². The van der Waals surface area contributed by atoms with Gasteiger partial charge in [0.25, 0.3) is 0 Å². The van der Waals surface area contributed by atoms with Gasteiger partial charge in [-0.25, -0.2) is 0 Å². The lowest BCUT2D eigenvalue weighted by atomic mass is 10.1. The second-order valence-corrected chi connectivity index (χ2v) is 6.09. The summed E-state index contributed by atoms with van der Waals surface area (Å²) in [4.78, 5) is 14.4. The zero-order valence-electron chi connectivity index (χ0n) is 14.1. The normalized spacial score (nSPS) is 17.8. The number of hydrogen-bond acceptors (Lipinski definition) is 6. The number of carbonyl (C=O) groups is 1. The van der Waals surface area contributed by atoms with Crippen LogP contribution >= 0.6 is 0 Å². The summed E-state index contributed by atoms with van der Waals surface area (Å²) in [5, 5.41) is 11.7. The Labute approximate surface area is 141 Å². The summed E-state index contributed by atoms with van der Waals surface area (Å²) in [5.74, 6) is 1.44. The van der Waals surface area contributed by atoms with Crippen molar-refractivity contribution in [3.63, 3.8) is 0 Å². The Morgan fingerprint density at radius 3 is 3.04 bits per heavy atom. The number of rotatable bonds is 5. The van der Waals surface area contributed by atoms with Gasteiger partial charge >= 0.3 is 0 Å². The lowest BCUT2D eigenvalue weighted by Crippen LogP contribution is -2.44. The highest BCUT2D eigenvalue weighted by Crippen LogP contribution is 2.19. The van der Waals surface area contributed by atoms with E-state index in [-0.39, 0.29) is 12.0 Å². The third-order valence-corrected chi connectivity index (χ3v) is 4.34. The summed E-state index contributed by atoms with van der Waals surface area (Å²) < 4.78 is 11.0. The van der Waals surface area contributed by atoms with Crippen molar-refractivity contribution in [3.05, 3.63) is 35.3 Å². The van der Waals surface area contributed by atoms with Crippen molar-refractivity contribution < 1.29 is 14.1 Å². The molecule has 24 heavy (non-hydrogen) atoms. The lowest BCUT2D eigenvalue weighted by molar-refractivity contribution is -0.133. The first-order valence-electron chi connectivity index (χ1n) is 8.27. The number of nitrogens with zero attached hydrogens (tertiary/aromatic N) is 4. The van der Waals surface area contributed by atoms with Crippen LogP contribution in [0.4, 0.5) is 0 Å². The van der Waals surface area contributed by atoms with Crippen molar-refractivity contribution in [3.8, 4) is 5.88 Å². The predicted molar refractivity (Wildman–Crippen MR) is 86.6 cm³/mol. The van der Waals surface area contributed by atoms with Crippen LogP contribution in [0.15, 0.2) is 22.9 Å². The van der Waals surface area contributed by atoms with Crippen molar-refractivity contribution in [2.24, 2.45) is 0 Å². The van der Waals surface area contributed by atoms with Gasteiger partial charge in [-0.2, -0.15) is 5.10 Å². The first kappa shape index (κ1) is 16.4. The van der Waals surface area contributed by atoms with Gasteiger partial charge in [-0.05, 0) is 39.2 Å². The fourth-order valence-corrected chi connectivity index (χ4v) is 3.03. The molecule has 3 rings (SSSR count). The second kappa shape index (κ2) is 7.42. The van der Waals surface area contributed by atoms with E-state index in [0.717, 1.165) is 36.4 Å². The third-order valence-electron chi connectivity index (χ3n) is 4.34. The molecule has 1 atom stereocenters. The van der Waals surface area contributed by atoms with Gasteiger partial charge in [0.1, 0.15) is 11.9 Å². The van der Waals surface area contributed by atoms with Gasteiger partial charge in [0.2, 0.25) is 11.8 Å². The Bertz CT molecular complexity index is 667. The monoisotopic (exact) mass is 330 g/mol. The minimum absolute atomic E-state index is 0.0292. The van der Waals surface area contributed by atoms with Gasteiger partial charge < -0.3 is 14.2 Å². The minimum Gasteiger partial charge on any atom is -0.471 e. The largest absolute Gasteiger partial charge is 0.471 e. The molecule has 1 fully saturated rings. The number of aromatic nitrogens is 3. The highest BCUT2D eigenvalue weighted by molar-refractivity contribution is 5.76. The van der Waals surface area contributed by atoms with E-state index in [4.69, 9.17) is 9.26 Å². The molecule has 0 aliphatic carbocycles. The van der Waals surface area contributed by atoms with Gasteiger partial charge in [0, 0.05) is 30.8 Å². The summed E-state index contributed by atoms with van der Waals surface area (Å²) in [5.41, 5.74) is 1.90. The minimum atomic E-state index is -0.0292. The summed E-state index contributed by atoms with van der Waals surface area (Å²) in [6.07, 6.45) is 4.55. The molecule has 2 aromatic rings. The zero-order chi connectivity index (χ0) is 16.9. The fourth-order valence-electron chi connectivity index (χ4n) is 3.03. The molecular formula is C17H22N4O3. The number of piperidine rings is 1. The molecule has 0 radical (unpaired) electrons. The standard InChI is InChI=1S/C17H22N4O3/c1-12-15(13(2)24-20-12)7-8-17(22)21-10-4-5-14(11-21)23-16-6-3-9-18-19-16/h3,6,9,14H,4-5,7-8,10-11H2,1-2H3. The summed E-state index contributed by atoms with van der Waals surface area (Å²) in [7, 11) is 0. The van der Waals surface area contributed by atoms with E-state index >= 15 is 0 Å². The number of hydrogen-bond donors (Lipinski definition) is 0. The molecule has 2 aromatic heterocycles. The van der Waals surface area contributed by atoms with Gasteiger partial charge in [0.15, 0.2) is 0 Å². The summed E-state index contributed by atoms with van der Waals surface area (Å²) >= 11 is 0. The molecule has 1 aliphatic rings. The van der Waals surface area contributed by atoms with Crippen LogP contribution in [-0.4, -0.2) is 45.4 Å². The highest BCUT2D eigenvalue weighted by atomic mass is 16.5. The molecule has 0 bridgehead atoms. The van der Waals surface area contributed by atoms with E-state index < -0.39 is 0 Å². The van der Waals surface area contributed by atoms with Crippen LogP contribution in [0.1, 0.15) is 36.3 Å². The van der Waals surface area contributed by atoms with Gasteiger partial charge in [-0.1, -0.05) is 5.16 Å². The Balaban J connectivity index is 1.53. The topological polar surface area (TPSA) is 81.4 Å². The number of amides is 1. The number of aryl methyl sites for hydroxylation is 2. The van der Waals surface area contributed by atoms with E-state index in [2.05, 4.69) is 15.4 Å². The highest BCUT2D eigenvalue weighted by Gasteiger charge is 2.25. The molecule has 128 valence electrons. The Morgan fingerprint density at radius 1 is 1.46 bits per heavy atom. The lowest BCUT2D eigenvalue weighted by Gasteiger charge is -2.32. The van der Waals surface area contributed by atoms with E-state index in [1.807, 2.05) is 18.7 Å². The maximum absolute atomic E-state index is 12.5. The Hall–Kier alpha value is -2.44. The quantitative estimate of drug-likeness (QED) is 0.835. The predicted octanol–water partition coefficient (Wildman–Crippen LogP) is 2.08. The summed E-state index contributed by atoms with van der Waals surface area (Å²) in [6, 6.07) is 3.57. The fraction of sp³-hybridized carbons (Fsp3) is 0.529. The molecule has 1 unspecified atom stereocenters. The summed E-state index contributed by atoms with van der Waals surface area (Å²) in [6.45, 7) is 5.16. The van der Waals surface area contributed by atoms with Gasteiger partial charge in [0.05, 0.1) is 12.2 Å². The van der Waals surface area contributed by atoms with Crippen LogP contribution in [0.2, 0.25) is 0 Å². The molecule has 1 aliphatic heterocycles. The molecule has 0 spiro atoms. The smallest absolute Gasteiger partial charge is 0.233 e. The van der Waals surface area contributed by atoms with Crippen molar-refractivity contribution in [2.75, 3.05) is 13.1 Å². The molecule has 7 heteroatoms. The van der Waals surface area contributed by atoms with Crippen LogP contribution in [0, 0.1) is 13.8 Å². The van der Waals surface area contributed by atoms with E-state index in [9.17, 15) is 4.79 Å². The van der Waals surface area contributed by atoms with Crippen LogP contribution in [0.3, 0.4) is 0 Å². The van der Waals surface area contributed by atoms with E-state index in [0.29, 0.717) is 25.3 Å². The molecule has 0 saturated carbocycles. The van der Waals surface area contributed by atoms with E-state index in [1.54, 1.807) is 18.3 Å². The van der Waals surface area contributed by atoms with Crippen molar-refractivity contribution in [2.45, 2.75) is 45.6 Å². The average Bonchev–Trinajstić information content (AvgIpc) is 2.92. The van der Waals surface area contributed by atoms with Gasteiger partial charge in [-0.15, -0.1) is 5.10 Å². The SMILES string of the molecule is Cc1noc(C)c1CCC(=O)N1CCCC(Oc2cccnn2)C1. The maximum Gasteiger partial charge on any atom is 0.233 e. The number of ether oxygens (including phenoxy) is 1. The van der Waals surface area contributed by atoms with Crippen LogP contribution in [0.25, 0.3) is 0 Å². The van der Waals surface area contributed by atoms with E-state index in [1.165, 1.54) is 0 Å². The second-order valence-electron chi connectivity index (χ2n) is 6.09. The third kappa shape index (κ3) is 3.90. The zero-order valence-corrected chi connectivity index (χ0v) is 14.1. The van der Waals surface area contributed by atoms with Crippen molar-refractivity contribution in [1.82, 2.24) is 20.3 Å². The Morgan fingerprint density at radius 2 is 2.33 bits per heavy atom. The average molecular weight is 330 g/mol. The first-order valence-corrected chi connectivity index (χ1v) is 8.27. The van der Waals surface area contributed by atoms with Gasteiger partial charge in [-0.3, -0.25) is 4.79 Å². The molecule has 1 amide bonds. The first-order chi connectivity index (χ1) is 11.6. The maximum atomic E-state index is 12.5.